The second-order valence-electron chi connectivity index (χ2n) is 8.99. The number of hydrogen-bond donors (Lipinski definition) is 0. The van der Waals surface area contributed by atoms with Crippen LogP contribution in [0.5, 0.6) is 5.75 Å². The van der Waals surface area contributed by atoms with E-state index in [0.29, 0.717) is 16.9 Å². The van der Waals surface area contributed by atoms with Crippen molar-refractivity contribution in [2.24, 2.45) is 0 Å². The van der Waals surface area contributed by atoms with Gasteiger partial charge in [-0.2, -0.15) is 0 Å². The Morgan fingerprint density at radius 2 is 1.48 bits per heavy atom. The zero-order valence-electron chi connectivity index (χ0n) is 20.1. The fourth-order valence-corrected chi connectivity index (χ4v) is 4.37. The SMILES string of the molecule is Cc1cc(C)c(C(=O)COC(=O)c2ccc(OCC(=O)N3[C@H](C)CCC[C@@H]3C)cc2)cc1C. The summed E-state index contributed by atoms with van der Waals surface area (Å²) in [6.07, 6.45) is 3.16. The molecule has 1 aliphatic rings. The summed E-state index contributed by atoms with van der Waals surface area (Å²) in [6, 6.07) is 10.6. The summed E-state index contributed by atoms with van der Waals surface area (Å²) in [6.45, 7) is 9.60. The van der Waals surface area contributed by atoms with E-state index < -0.39 is 5.97 Å². The van der Waals surface area contributed by atoms with Crippen molar-refractivity contribution >= 4 is 17.7 Å². The van der Waals surface area contributed by atoms with Gasteiger partial charge >= 0.3 is 5.97 Å². The van der Waals surface area contributed by atoms with Crippen molar-refractivity contribution in [1.82, 2.24) is 4.90 Å². The smallest absolute Gasteiger partial charge is 0.338 e. The van der Waals surface area contributed by atoms with Crippen LogP contribution in [0.15, 0.2) is 36.4 Å². The van der Waals surface area contributed by atoms with Gasteiger partial charge in [0.2, 0.25) is 5.78 Å². The fourth-order valence-electron chi connectivity index (χ4n) is 4.37. The van der Waals surface area contributed by atoms with Crippen LogP contribution in [-0.2, 0) is 9.53 Å². The number of esters is 1. The van der Waals surface area contributed by atoms with Gasteiger partial charge in [0.15, 0.2) is 13.2 Å². The maximum absolute atomic E-state index is 12.6. The topological polar surface area (TPSA) is 72.9 Å². The second-order valence-corrected chi connectivity index (χ2v) is 8.99. The van der Waals surface area contributed by atoms with Gasteiger partial charge in [0.25, 0.3) is 5.91 Å². The molecule has 2 aromatic rings. The highest BCUT2D eigenvalue weighted by Crippen LogP contribution is 2.23. The number of ketones is 1. The number of Topliss-reactive ketones (excluding diaryl/α,β-unsaturated/α-hetero) is 1. The zero-order valence-corrected chi connectivity index (χ0v) is 20.1. The lowest BCUT2D eigenvalue weighted by Gasteiger charge is -2.38. The Hall–Kier alpha value is -3.15. The zero-order chi connectivity index (χ0) is 24.1. The molecule has 0 saturated carbocycles. The van der Waals surface area contributed by atoms with E-state index in [-0.39, 0.29) is 37.0 Å². The van der Waals surface area contributed by atoms with Crippen LogP contribution < -0.4 is 4.74 Å². The molecule has 0 unspecified atom stereocenters. The number of ether oxygens (including phenoxy) is 2. The average Bonchev–Trinajstić information content (AvgIpc) is 2.78. The standard InChI is InChI=1S/C27H33NO5/c1-17-13-19(3)24(14-18(17)2)25(29)15-33-27(31)22-9-11-23(12-10-22)32-16-26(30)28-20(4)7-6-8-21(28)5/h9-14,20-21H,6-8,15-16H2,1-5H3/t20-,21+. The van der Waals surface area contributed by atoms with E-state index in [2.05, 4.69) is 13.8 Å². The minimum Gasteiger partial charge on any atom is -0.484 e. The van der Waals surface area contributed by atoms with Gasteiger partial charge in [0, 0.05) is 17.6 Å². The van der Waals surface area contributed by atoms with E-state index in [4.69, 9.17) is 9.47 Å². The Balaban J connectivity index is 1.52. The Morgan fingerprint density at radius 3 is 2.12 bits per heavy atom. The largest absolute Gasteiger partial charge is 0.484 e. The van der Waals surface area contributed by atoms with Crippen molar-refractivity contribution in [3.63, 3.8) is 0 Å². The summed E-state index contributed by atoms with van der Waals surface area (Å²) in [5, 5.41) is 0. The second kappa shape index (κ2) is 10.6. The summed E-state index contributed by atoms with van der Waals surface area (Å²) in [5.41, 5.74) is 3.88. The molecular weight excluding hydrogens is 418 g/mol. The van der Waals surface area contributed by atoms with Gasteiger partial charge in [-0.1, -0.05) is 6.07 Å². The monoisotopic (exact) mass is 451 g/mol. The van der Waals surface area contributed by atoms with Gasteiger partial charge in [-0.15, -0.1) is 0 Å². The third kappa shape index (κ3) is 6.01. The molecular formula is C27H33NO5. The molecule has 2 atom stereocenters. The molecule has 33 heavy (non-hydrogen) atoms. The molecule has 0 bridgehead atoms. The van der Waals surface area contributed by atoms with Crippen molar-refractivity contribution in [3.05, 3.63) is 64.2 Å². The predicted molar refractivity (Wildman–Crippen MR) is 127 cm³/mol. The fraction of sp³-hybridized carbons (Fsp3) is 0.444. The lowest BCUT2D eigenvalue weighted by atomic mass is 9.97. The van der Waals surface area contributed by atoms with Crippen LogP contribution in [0.1, 0.15) is 70.5 Å². The molecule has 0 aliphatic carbocycles. The molecule has 1 fully saturated rings. The summed E-state index contributed by atoms with van der Waals surface area (Å²) < 4.78 is 10.9. The van der Waals surface area contributed by atoms with Gasteiger partial charge in [-0.25, -0.2) is 4.79 Å². The Labute approximate surface area is 195 Å². The van der Waals surface area contributed by atoms with E-state index in [1.807, 2.05) is 37.8 Å². The first-order chi connectivity index (χ1) is 15.7. The summed E-state index contributed by atoms with van der Waals surface area (Å²) in [7, 11) is 0. The molecule has 3 rings (SSSR count). The van der Waals surface area contributed by atoms with E-state index in [1.54, 1.807) is 24.3 Å². The van der Waals surface area contributed by atoms with Crippen LogP contribution in [0.3, 0.4) is 0 Å². The minimum atomic E-state index is -0.580. The van der Waals surface area contributed by atoms with Crippen LogP contribution >= 0.6 is 0 Å². The number of amides is 1. The van der Waals surface area contributed by atoms with Crippen molar-refractivity contribution in [2.45, 2.75) is 66.0 Å². The first-order valence-electron chi connectivity index (χ1n) is 11.5. The first-order valence-corrected chi connectivity index (χ1v) is 11.5. The molecule has 6 nitrogen and oxygen atoms in total. The molecule has 1 amide bonds. The highest BCUT2D eigenvalue weighted by atomic mass is 16.5. The molecule has 176 valence electrons. The minimum absolute atomic E-state index is 0.0293. The van der Waals surface area contributed by atoms with Crippen LogP contribution in [0.25, 0.3) is 0 Å². The van der Waals surface area contributed by atoms with E-state index >= 15 is 0 Å². The first kappa shape index (κ1) is 24.5. The molecule has 0 N–H and O–H groups in total. The van der Waals surface area contributed by atoms with Crippen molar-refractivity contribution in [2.75, 3.05) is 13.2 Å². The number of aryl methyl sites for hydroxylation is 3. The van der Waals surface area contributed by atoms with E-state index in [0.717, 1.165) is 36.0 Å². The average molecular weight is 452 g/mol. The molecule has 0 aromatic heterocycles. The van der Waals surface area contributed by atoms with Crippen molar-refractivity contribution in [3.8, 4) is 5.75 Å². The maximum atomic E-state index is 12.6. The van der Waals surface area contributed by atoms with Gasteiger partial charge in [0.1, 0.15) is 5.75 Å². The number of carbonyl (C=O) groups is 3. The highest BCUT2D eigenvalue weighted by molar-refractivity contribution is 6.00. The predicted octanol–water partition coefficient (Wildman–Crippen LogP) is 4.82. The molecule has 0 spiro atoms. The Morgan fingerprint density at radius 1 is 0.879 bits per heavy atom. The summed E-state index contributed by atoms with van der Waals surface area (Å²) in [4.78, 5) is 39.4. The molecule has 6 heteroatoms. The Bertz CT molecular complexity index is 1020. The molecule has 0 radical (unpaired) electrons. The van der Waals surface area contributed by atoms with Crippen LogP contribution in [-0.4, -0.2) is 47.9 Å². The lowest BCUT2D eigenvalue weighted by Crippen LogP contribution is -2.49. The van der Waals surface area contributed by atoms with Crippen molar-refractivity contribution < 1.29 is 23.9 Å². The third-order valence-corrected chi connectivity index (χ3v) is 6.41. The summed E-state index contributed by atoms with van der Waals surface area (Å²) >= 11 is 0. The molecule has 1 aliphatic heterocycles. The maximum Gasteiger partial charge on any atom is 0.338 e. The number of rotatable bonds is 7. The Kier molecular flexibility index (Phi) is 7.90. The number of nitrogens with zero attached hydrogens (tertiary/aromatic N) is 1. The molecule has 1 saturated heterocycles. The van der Waals surface area contributed by atoms with Crippen molar-refractivity contribution in [1.29, 1.82) is 0 Å². The number of carbonyl (C=O) groups excluding carboxylic acids is 3. The third-order valence-electron chi connectivity index (χ3n) is 6.41. The van der Waals surface area contributed by atoms with Gasteiger partial charge in [-0.3, -0.25) is 9.59 Å². The summed E-state index contributed by atoms with van der Waals surface area (Å²) in [5.74, 6) is -0.343. The van der Waals surface area contributed by atoms with Crippen LogP contribution in [0.2, 0.25) is 0 Å². The normalized spacial score (nSPS) is 18.0. The number of hydrogen-bond acceptors (Lipinski definition) is 5. The molecule has 1 heterocycles. The number of likely N-dealkylation sites (tertiary alicyclic amines) is 1. The van der Waals surface area contributed by atoms with Gasteiger partial charge < -0.3 is 14.4 Å². The van der Waals surface area contributed by atoms with E-state index in [9.17, 15) is 14.4 Å². The highest BCUT2D eigenvalue weighted by Gasteiger charge is 2.29. The number of piperidine rings is 1. The lowest BCUT2D eigenvalue weighted by molar-refractivity contribution is -0.139. The van der Waals surface area contributed by atoms with Gasteiger partial charge in [-0.05, 0) is 101 Å². The van der Waals surface area contributed by atoms with Crippen LogP contribution in [0, 0.1) is 20.8 Å². The quantitative estimate of drug-likeness (QED) is 0.446. The van der Waals surface area contributed by atoms with E-state index in [1.165, 1.54) is 0 Å². The molecule has 2 aromatic carbocycles. The number of benzene rings is 2. The van der Waals surface area contributed by atoms with Crippen LogP contribution in [0.4, 0.5) is 0 Å². The van der Waals surface area contributed by atoms with Gasteiger partial charge in [0.05, 0.1) is 5.56 Å².